The van der Waals surface area contributed by atoms with Crippen molar-refractivity contribution >= 4 is 11.3 Å². The SMILES string of the molecule is Cc1ccc(C(C)NCc2c(F)cc(C#N)cc2F)s1. The Morgan fingerprint density at radius 3 is 2.45 bits per heavy atom. The lowest BCUT2D eigenvalue weighted by Crippen LogP contribution is -2.19. The van der Waals surface area contributed by atoms with E-state index in [9.17, 15) is 8.78 Å². The number of thiophene rings is 1. The maximum Gasteiger partial charge on any atom is 0.131 e. The van der Waals surface area contributed by atoms with Crippen molar-refractivity contribution in [3.63, 3.8) is 0 Å². The summed E-state index contributed by atoms with van der Waals surface area (Å²) in [6.07, 6.45) is 0. The van der Waals surface area contributed by atoms with Gasteiger partial charge in [0.15, 0.2) is 0 Å². The van der Waals surface area contributed by atoms with E-state index in [4.69, 9.17) is 5.26 Å². The number of hydrogen-bond acceptors (Lipinski definition) is 3. The van der Waals surface area contributed by atoms with Gasteiger partial charge in [-0.2, -0.15) is 5.26 Å². The predicted octanol–water partition coefficient (Wildman–Crippen LogP) is 4.06. The number of aryl methyl sites for hydroxylation is 1. The lowest BCUT2D eigenvalue weighted by Gasteiger charge is -2.13. The number of nitrogens with zero attached hydrogens (tertiary/aromatic N) is 1. The average molecular weight is 292 g/mol. The Balaban J connectivity index is 2.10. The number of halogens is 2. The average Bonchev–Trinajstić information content (AvgIpc) is 2.84. The number of rotatable bonds is 4. The second kappa shape index (κ2) is 6.12. The van der Waals surface area contributed by atoms with Gasteiger partial charge in [-0.3, -0.25) is 0 Å². The lowest BCUT2D eigenvalue weighted by atomic mass is 10.1. The van der Waals surface area contributed by atoms with Gasteiger partial charge in [-0.1, -0.05) is 0 Å². The normalized spacial score (nSPS) is 12.2. The van der Waals surface area contributed by atoms with Crippen molar-refractivity contribution in [2.24, 2.45) is 0 Å². The van der Waals surface area contributed by atoms with E-state index in [1.165, 1.54) is 4.88 Å². The highest BCUT2D eigenvalue weighted by molar-refractivity contribution is 7.12. The van der Waals surface area contributed by atoms with Crippen LogP contribution in [0.4, 0.5) is 8.78 Å². The van der Waals surface area contributed by atoms with Gasteiger partial charge >= 0.3 is 0 Å². The predicted molar refractivity (Wildman–Crippen MR) is 75.4 cm³/mol. The molecular weight excluding hydrogens is 278 g/mol. The second-order valence-corrected chi connectivity index (χ2v) is 5.90. The first-order valence-corrected chi connectivity index (χ1v) is 7.00. The van der Waals surface area contributed by atoms with Crippen LogP contribution < -0.4 is 5.32 Å². The van der Waals surface area contributed by atoms with Gasteiger partial charge in [0.1, 0.15) is 11.6 Å². The molecule has 0 saturated carbocycles. The smallest absolute Gasteiger partial charge is 0.131 e. The Hall–Kier alpha value is -1.77. The summed E-state index contributed by atoms with van der Waals surface area (Å²) in [6.45, 7) is 4.05. The molecule has 1 heterocycles. The molecule has 0 aliphatic heterocycles. The van der Waals surface area contributed by atoms with Gasteiger partial charge in [-0.25, -0.2) is 8.78 Å². The molecule has 1 aromatic carbocycles. The van der Waals surface area contributed by atoms with Gasteiger partial charge in [-0.05, 0) is 38.1 Å². The van der Waals surface area contributed by atoms with E-state index < -0.39 is 11.6 Å². The van der Waals surface area contributed by atoms with E-state index in [-0.39, 0.29) is 23.7 Å². The van der Waals surface area contributed by atoms with Gasteiger partial charge in [0.25, 0.3) is 0 Å². The summed E-state index contributed by atoms with van der Waals surface area (Å²) < 4.78 is 27.5. The summed E-state index contributed by atoms with van der Waals surface area (Å²) in [4.78, 5) is 2.32. The molecule has 2 rings (SSSR count). The van der Waals surface area contributed by atoms with Crippen LogP contribution in [0.2, 0.25) is 0 Å². The van der Waals surface area contributed by atoms with Crippen molar-refractivity contribution in [2.75, 3.05) is 0 Å². The highest BCUT2D eigenvalue weighted by atomic mass is 32.1. The van der Waals surface area contributed by atoms with Crippen LogP contribution in [0.15, 0.2) is 24.3 Å². The third-order valence-corrected chi connectivity index (χ3v) is 4.23. The van der Waals surface area contributed by atoms with Crippen molar-refractivity contribution in [2.45, 2.75) is 26.4 Å². The molecule has 0 fully saturated rings. The Morgan fingerprint density at radius 1 is 1.30 bits per heavy atom. The maximum absolute atomic E-state index is 13.7. The topological polar surface area (TPSA) is 35.8 Å². The minimum absolute atomic E-state index is 0.00863. The zero-order valence-corrected chi connectivity index (χ0v) is 12.0. The van der Waals surface area contributed by atoms with Gasteiger partial charge in [0, 0.05) is 27.9 Å². The van der Waals surface area contributed by atoms with Crippen LogP contribution in [0.25, 0.3) is 0 Å². The Labute approximate surface area is 120 Å². The number of nitriles is 1. The molecule has 0 amide bonds. The van der Waals surface area contributed by atoms with E-state index in [1.807, 2.05) is 26.0 Å². The molecule has 104 valence electrons. The van der Waals surface area contributed by atoms with Crippen LogP contribution in [0.5, 0.6) is 0 Å². The van der Waals surface area contributed by atoms with E-state index in [1.54, 1.807) is 17.4 Å². The minimum atomic E-state index is -0.691. The molecule has 5 heteroatoms. The zero-order chi connectivity index (χ0) is 14.7. The number of nitrogens with one attached hydrogen (secondary N) is 1. The summed E-state index contributed by atoms with van der Waals surface area (Å²) in [6, 6.07) is 7.88. The van der Waals surface area contributed by atoms with Crippen LogP contribution in [-0.4, -0.2) is 0 Å². The standard InChI is InChI=1S/C15H14F2N2S/c1-9-3-4-15(20-9)10(2)19-8-12-13(16)5-11(7-18)6-14(12)17/h3-6,10,19H,8H2,1-2H3. The summed E-state index contributed by atoms with van der Waals surface area (Å²) in [5.74, 6) is -1.38. The molecule has 0 radical (unpaired) electrons. The van der Waals surface area contributed by atoms with Gasteiger partial charge in [-0.15, -0.1) is 11.3 Å². The third kappa shape index (κ3) is 3.21. The summed E-state index contributed by atoms with van der Waals surface area (Å²) in [5.41, 5.74) is -0.0465. The summed E-state index contributed by atoms with van der Waals surface area (Å²) >= 11 is 1.65. The summed E-state index contributed by atoms with van der Waals surface area (Å²) in [5, 5.41) is 11.7. The summed E-state index contributed by atoms with van der Waals surface area (Å²) in [7, 11) is 0. The zero-order valence-electron chi connectivity index (χ0n) is 11.2. The molecule has 2 nitrogen and oxygen atoms in total. The van der Waals surface area contributed by atoms with Gasteiger partial charge < -0.3 is 5.32 Å². The molecule has 0 aliphatic carbocycles. The van der Waals surface area contributed by atoms with Crippen LogP contribution in [0.1, 0.15) is 33.8 Å². The van der Waals surface area contributed by atoms with Crippen molar-refractivity contribution in [3.8, 4) is 6.07 Å². The lowest BCUT2D eigenvalue weighted by molar-refractivity contribution is 0.511. The molecule has 20 heavy (non-hydrogen) atoms. The monoisotopic (exact) mass is 292 g/mol. The fourth-order valence-electron chi connectivity index (χ4n) is 1.88. The largest absolute Gasteiger partial charge is 0.305 e. The maximum atomic E-state index is 13.7. The van der Waals surface area contributed by atoms with Gasteiger partial charge in [0.2, 0.25) is 0 Å². The molecule has 1 unspecified atom stereocenters. The first-order chi connectivity index (χ1) is 9.51. The van der Waals surface area contributed by atoms with Crippen LogP contribution in [0, 0.1) is 29.9 Å². The molecule has 1 N–H and O–H groups in total. The van der Waals surface area contributed by atoms with Crippen LogP contribution >= 0.6 is 11.3 Å². The van der Waals surface area contributed by atoms with Crippen molar-refractivity contribution in [1.82, 2.24) is 5.32 Å². The highest BCUT2D eigenvalue weighted by Crippen LogP contribution is 2.23. The molecule has 2 aromatic rings. The Bertz CT molecular complexity index is 635. The first-order valence-electron chi connectivity index (χ1n) is 6.19. The Morgan fingerprint density at radius 2 is 1.95 bits per heavy atom. The second-order valence-electron chi connectivity index (χ2n) is 4.58. The fourth-order valence-corrected chi connectivity index (χ4v) is 2.78. The molecule has 0 bridgehead atoms. The molecule has 0 spiro atoms. The Kier molecular flexibility index (Phi) is 4.48. The van der Waals surface area contributed by atoms with Gasteiger partial charge in [0.05, 0.1) is 11.6 Å². The molecule has 1 atom stereocenters. The van der Waals surface area contributed by atoms with E-state index in [0.29, 0.717) is 0 Å². The highest BCUT2D eigenvalue weighted by Gasteiger charge is 2.13. The van der Waals surface area contributed by atoms with Crippen molar-refractivity contribution in [3.05, 3.63) is 56.8 Å². The quantitative estimate of drug-likeness (QED) is 0.922. The fraction of sp³-hybridized carbons (Fsp3) is 0.267. The van der Waals surface area contributed by atoms with E-state index in [2.05, 4.69) is 5.32 Å². The van der Waals surface area contributed by atoms with E-state index in [0.717, 1.165) is 17.0 Å². The molecule has 0 aliphatic rings. The van der Waals surface area contributed by atoms with Crippen molar-refractivity contribution < 1.29 is 8.78 Å². The first kappa shape index (κ1) is 14.6. The van der Waals surface area contributed by atoms with E-state index >= 15 is 0 Å². The third-order valence-electron chi connectivity index (χ3n) is 3.04. The van der Waals surface area contributed by atoms with Crippen molar-refractivity contribution in [1.29, 1.82) is 5.26 Å². The molecule has 1 aromatic heterocycles. The molecule has 0 saturated heterocycles. The van der Waals surface area contributed by atoms with Crippen LogP contribution in [0.3, 0.4) is 0 Å². The number of hydrogen-bond donors (Lipinski definition) is 1. The minimum Gasteiger partial charge on any atom is -0.305 e. The van der Waals surface area contributed by atoms with Crippen LogP contribution in [-0.2, 0) is 6.54 Å². The molecular formula is C15H14F2N2S. The number of benzene rings is 1.